The Balaban J connectivity index is 1.05. The average Bonchev–Trinajstić information content (AvgIpc) is 3.43. The molecule has 0 saturated carbocycles. The normalized spacial score (nSPS) is 49.5. The van der Waals surface area contributed by atoms with E-state index in [-0.39, 0.29) is 13.1 Å². The number of hydrogen-bond acceptors (Lipinski definition) is 28. The Morgan fingerprint density at radius 2 is 0.421 bits per heavy atom. The first-order valence-electron chi connectivity index (χ1n) is 24.8. The van der Waals surface area contributed by atoms with Crippen molar-refractivity contribution in [2.24, 2.45) is 0 Å². The Bertz CT molecular complexity index is 2070. The summed E-state index contributed by atoms with van der Waals surface area (Å²) in [6.45, 7) is -4.22. The Labute approximate surface area is 432 Å². The van der Waals surface area contributed by atoms with Gasteiger partial charge in [0.25, 0.3) is 0 Å². The lowest BCUT2D eigenvalue weighted by Crippen LogP contribution is -2.69. The van der Waals surface area contributed by atoms with Crippen molar-refractivity contribution in [1.29, 1.82) is 0 Å². The smallest absolute Gasteiger partial charge is 0.187 e. The summed E-state index contributed by atoms with van der Waals surface area (Å²) in [6, 6.07) is 10.0. The summed E-state index contributed by atoms with van der Waals surface area (Å²) in [5.41, 5.74) is 0. The predicted molar refractivity (Wildman–Crippen MR) is 235 cm³/mol. The van der Waals surface area contributed by atoms with Crippen LogP contribution in [-0.2, 0) is 69.9 Å². The second kappa shape index (κ2) is 24.9. The number of rotatable bonds is 8. The van der Waals surface area contributed by atoms with Gasteiger partial charge in [0.1, 0.15) is 146 Å². The summed E-state index contributed by atoms with van der Waals surface area (Å²) < 4.78 is 74.5. The molecule has 22 aliphatic heterocycles. The molecule has 22 fully saturated rings. The Morgan fingerprint density at radius 1 is 0.237 bits per heavy atom. The number of aromatic nitrogens is 2. The molecule has 22 saturated heterocycles. The van der Waals surface area contributed by atoms with Crippen LogP contribution in [-0.4, -0.2) is 292 Å². The first kappa shape index (κ1) is 57.9. The standard InChI is InChI=1S/C46H68N2O28/c49-13-19-37-25(55)31(61)43(67-19)71-35-17(11-47-7-3-1-4-8-47)66-42(30(60)24(35)54)74-38-20(14-50)69-45(33(63)27(38)57)76-40-22(16-52)70-46(34(64)28(40)58)75-39-21(15-51)68-44(32(62)26(39)56)72-36-18(12-48-9-5-2-6-10-48)65-41(73-37)29(59)23(36)53/h1-10,17-46,49-64H,11-16H2/q+2/t17-,18-,19-,20-,21-,22-,23-,24-,25-,26-,27-,28-,29-,30-,31-,32-,33-,34-,35-,36-,37-,38-,39-,40-,41-,42-,43-,44-,45-,46-/m1/s1. The van der Waals surface area contributed by atoms with Gasteiger partial charge in [-0.3, -0.25) is 0 Å². The van der Waals surface area contributed by atoms with Crippen LogP contribution in [0.15, 0.2) is 61.2 Å². The summed E-state index contributed by atoms with van der Waals surface area (Å²) in [7, 11) is 0. The number of aliphatic hydroxyl groups is 16. The molecule has 428 valence electrons. The van der Waals surface area contributed by atoms with Crippen LogP contribution in [0.2, 0.25) is 0 Å². The summed E-state index contributed by atoms with van der Waals surface area (Å²) in [6.07, 6.45) is -49.9. The van der Waals surface area contributed by atoms with Gasteiger partial charge in [0.2, 0.25) is 0 Å². The molecule has 0 aromatic carbocycles. The van der Waals surface area contributed by atoms with Crippen LogP contribution in [0.3, 0.4) is 0 Å². The highest BCUT2D eigenvalue weighted by Crippen LogP contribution is 2.38. The van der Waals surface area contributed by atoms with Gasteiger partial charge in [0, 0.05) is 24.3 Å². The molecule has 30 heteroatoms. The van der Waals surface area contributed by atoms with E-state index in [9.17, 15) is 81.7 Å². The molecule has 30 nitrogen and oxygen atoms in total. The van der Waals surface area contributed by atoms with Crippen molar-refractivity contribution < 1.29 is 148 Å². The van der Waals surface area contributed by atoms with Crippen molar-refractivity contribution in [3.8, 4) is 0 Å². The van der Waals surface area contributed by atoms with Crippen molar-refractivity contribution in [1.82, 2.24) is 0 Å². The molecular formula is C46H68N2O28+2. The van der Waals surface area contributed by atoms with Crippen LogP contribution < -0.4 is 9.13 Å². The maximum Gasteiger partial charge on any atom is 0.187 e. The number of pyridine rings is 2. The molecule has 76 heavy (non-hydrogen) atoms. The van der Waals surface area contributed by atoms with Crippen molar-refractivity contribution in [3.05, 3.63) is 61.2 Å². The lowest BCUT2D eigenvalue weighted by Gasteiger charge is -2.50. The highest BCUT2D eigenvalue weighted by Gasteiger charge is 2.59. The SMILES string of the molecule is OC[C@H]1O[C@@H]2O[C@H]3[C@H](O)[C@@H](O)[C@@H](O[C@H]4[C@H](O)[C@@H](O)[C@@H](O[C@H]5[C@H](O)[C@@H](O)[C@@H](O[C@H]6[C@H](O)[C@@H](O)[C@@H](O[C@H]7[C@H](O)[C@@H](O)[C@@H](O[C@H]1[C@H](O)[C@H]2O)O[C@@H]7CO)O[C@@H]6C[n+]1ccccc1)O[C@@H]5CO)O[C@@H]4C[n+]1ccccc1)O[C@@H]3CO. The van der Waals surface area contributed by atoms with Gasteiger partial charge in [0.15, 0.2) is 75.6 Å². The third kappa shape index (κ3) is 11.7. The molecule has 0 aliphatic carbocycles. The predicted octanol–water partition coefficient (Wildman–Crippen LogP) is -11.1. The minimum atomic E-state index is -2.13. The fourth-order valence-corrected chi connectivity index (χ4v) is 10.5. The highest BCUT2D eigenvalue weighted by atomic mass is 16.8. The Hall–Kier alpha value is -2.82. The summed E-state index contributed by atoms with van der Waals surface area (Å²) in [5.74, 6) is 0. The third-order valence-corrected chi connectivity index (χ3v) is 14.6. The van der Waals surface area contributed by atoms with Crippen LogP contribution in [0, 0.1) is 0 Å². The first-order valence-corrected chi connectivity index (χ1v) is 24.8. The molecule has 24 heterocycles. The second-order valence-electron chi connectivity index (χ2n) is 19.6. The van der Waals surface area contributed by atoms with Crippen molar-refractivity contribution in [2.75, 3.05) is 26.4 Å². The maximum absolute atomic E-state index is 11.8. The monoisotopic (exact) mass is 1100 g/mol. The third-order valence-electron chi connectivity index (χ3n) is 14.6. The lowest BCUT2D eigenvalue weighted by atomic mass is 9.94. The molecule has 0 amide bonds. The molecule has 0 spiro atoms. The van der Waals surface area contributed by atoms with Crippen molar-refractivity contribution in [2.45, 2.75) is 197 Å². The zero-order valence-corrected chi connectivity index (χ0v) is 40.3. The molecular weight excluding hydrogens is 1030 g/mol. The van der Waals surface area contributed by atoms with Crippen LogP contribution >= 0.6 is 0 Å². The minimum absolute atomic E-state index is 0.182. The lowest BCUT2D eigenvalue weighted by molar-refractivity contribution is -0.707. The molecule has 0 unspecified atom stereocenters. The van der Waals surface area contributed by atoms with E-state index >= 15 is 0 Å². The largest absolute Gasteiger partial charge is 0.394 e. The summed E-state index contributed by atoms with van der Waals surface area (Å²) in [5, 5.41) is 181. The van der Waals surface area contributed by atoms with E-state index in [0.29, 0.717) is 0 Å². The van der Waals surface area contributed by atoms with E-state index in [1.54, 1.807) is 70.3 Å². The quantitative estimate of drug-likeness (QED) is 0.109. The van der Waals surface area contributed by atoms with Crippen LogP contribution in [0.1, 0.15) is 0 Å². The molecule has 12 bridgehead atoms. The van der Waals surface area contributed by atoms with E-state index in [4.69, 9.17) is 56.8 Å². The van der Waals surface area contributed by atoms with Crippen LogP contribution in [0.5, 0.6) is 0 Å². The fraction of sp³-hybridized carbons (Fsp3) is 0.783. The number of nitrogens with zero attached hydrogens (tertiary/aromatic N) is 2. The van der Waals surface area contributed by atoms with Crippen LogP contribution in [0.25, 0.3) is 0 Å². The van der Waals surface area contributed by atoms with Gasteiger partial charge in [0.05, 0.1) is 26.4 Å². The fourth-order valence-electron chi connectivity index (χ4n) is 10.5. The van der Waals surface area contributed by atoms with E-state index in [1.807, 2.05) is 0 Å². The van der Waals surface area contributed by atoms with E-state index < -0.39 is 211 Å². The average molecular weight is 1100 g/mol. The van der Waals surface area contributed by atoms with E-state index in [2.05, 4.69) is 0 Å². The first-order chi connectivity index (χ1) is 36.5. The number of hydrogen-bond donors (Lipinski definition) is 16. The zero-order valence-electron chi connectivity index (χ0n) is 40.3. The molecule has 16 N–H and O–H groups in total. The van der Waals surface area contributed by atoms with E-state index in [0.717, 1.165) is 0 Å². The number of ether oxygens (including phenoxy) is 12. The van der Waals surface area contributed by atoms with Crippen molar-refractivity contribution in [3.63, 3.8) is 0 Å². The maximum atomic E-state index is 11.8. The molecule has 24 rings (SSSR count). The van der Waals surface area contributed by atoms with Gasteiger partial charge >= 0.3 is 0 Å². The van der Waals surface area contributed by atoms with Crippen LogP contribution in [0.4, 0.5) is 0 Å². The van der Waals surface area contributed by atoms with Gasteiger partial charge in [-0.25, -0.2) is 9.13 Å². The molecule has 2 aromatic heterocycles. The minimum Gasteiger partial charge on any atom is -0.394 e. The van der Waals surface area contributed by atoms with Gasteiger partial charge in [-0.05, 0) is 0 Å². The van der Waals surface area contributed by atoms with Crippen molar-refractivity contribution >= 4 is 0 Å². The van der Waals surface area contributed by atoms with E-state index in [1.165, 1.54) is 0 Å². The molecule has 0 radical (unpaired) electrons. The molecule has 2 aromatic rings. The Kier molecular flexibility index (Phi) is 19.0. The van der Waals surface area contributed by atoms with Gasteiger partial charge in [-0.1, -0.05) is 12.1 Å². The summed E-state index contributed by atoms with van der Waals surface area (Å²) >= 11 is 0. The Morgan fingerprint density at radius 3 is 0.618 bits per heavy atom. The molecule has 22 aliphatic rings. The highest BCUT2D eigenvalue weighted by molar-refractivity contribution is 5.01. The number of aliphatic hydroxyl groups excluding tert-OH is 16. The zero-order chi connectivity index (χ0) is 54.3. The second-order valence-corrected chi connectivity index (χ2v) is 19.6. The topological polar surface area (TPSA) is 442 Å². The van der Waals surface area contributed by atoms with Gasteiger partial charge in [-0.15, -0.1) is 0 Å². The summed E-state index contributed by atoms with van der Waals surface area (Å²) in [4.78, 5) is 0. The van der Waals surface area contributed by atoms with Gasteiger partial charge in [-0.2, -0.15) is 0 Å². The van der Waals surface area contributed by atoms with Gasteiger partial charge < -0.3 is 139 Å². The molecule has 30 atom stereocenters.